The number of hydrogen-bond donors (Lipinski definition) is 1. The largest absolute Gasteiger partial charge is 0.301 e. The molecule has 1 amide bonds. The highest BCUT2D eigenvalue weighted by Crippen LogP contribution is 2.32. The van der Waals surface area contributed by atoms with Crippen molar-refractivity contribution in [2.24, 2.45) is 0 Å². The number of benzene rings is 3. The monoisotopic (exact) mass is 477 g/mol. The smallest absolute Gasteiger partial charge is 0.243 e. The van der Waals surface area contributed by atoms with Gasteiger partial charge in [-0.3, -0.25) is 4.79 Å². The second-order valence-electron chi connectivity index (χ2n) is 8.00. The Morgan fingerprint density at radius 2 is 1.52 bits per heavy atom. The van der Waals surface area contributed by atoms with Gasteiger partial charge in [-0.25, -0.2) is 13.4 Å². The molecule has 168 valence electrons. The second kappa shape index (κ2) is 9.05. The van der Waals surface area contributed by atoms with Gasteiger partial charge in [0.25, 0.3) is 0 Å². The lowest BCUT2D eigenvalue weighted by Crippen LogP contribution is -2.27. The van der Waals surface area contributed by atoms with E-state index < -0.39 is 15.9 Å². The van der Waals surface area contributed by atoms with Crippen molar-refractivity contribution in [2.75, 3.05) is 18.4 Å². The maximum atomic E-state index is 13.3. The minimum atomic E-state index is -3.50. The summed E-state index contributed by atoms with van der Waals surface area (Å²) in [6.07, 6.45) is 1.78. The van der Waals surface area contributed by atoms with Crippen molar-refractivity contribution >= 4 is 42.6 Å². The number of aromatic nitrogens is 1. The van der Waals surface area contributed by atoms with Crippen molar-refractivity contribution < 1.29 is 13.2 Å². The zero-order chi connectivity index (χ0) is 22.8. The van der Waals surface area contributed by atoms with E-state index >= 15 is 0 Å². The predicted octanol–water partition coefficient (Wildman–Crippen LogP) is 4.85. The molecule has 8 heteroatoms. The van der Waals surface area contributed by atoms with Crippen LogP contribution in [0.15, 0.2) is 83.8 Å². The van der Waals surface area contributed by atoms with Crippen molar-refractivity contribution in [2.45, 2.75) is 23.7 Å². The molecular weight excluding hydrogens is 454 g/mol. The van der Waals surface area contributed by atoms with Gasteiger partial charge in [-0.15, -0.1) is 0 Å². The molecule has 0 unspecified atom stereocenters. The van der Waals surface area contributed by atoms with Gasteiger partial charge in [0.1, 0.15) is 0 Å². The first kappa shape index (κ1) is 21.8. The van der Waals surface area contributed by atoms with Crippen LogP contribution in [0.25, 0.3) is 10.2 Å². The fourth-order valence-corrected chi connectivity index (χ4v) is 6.69. The Kier molecular flexibility index (Phi) is 5.97. The molecule has 1 aliphatic rings. The van der Waals surface area contributed by atoms with Crippen molar-refractivity contribution in [1.29, 1.82) is 0 Å². The number of hydrogen-bond acceptors (Lipinski definition) is 5. The van der Waals surface area contributed by atoms with Gasteiger partial charge in [0.2, 0.25) is 15.9 Å². The molecule has 4 aromatic rings. The molecule has 33 heavy (non-hydrogen) atoms. The van der Waals surface area contributed by atoms with E-state index in [0.717, 1.165) is 28.7 Å². The zero-order valence-electron chi connectivity index (χ0n) is 17.8. The van der Waals surface area contributed by atoms with Crippen molar-refractivity contribution in [1.82, 2.24) is 9.29 Å². The van der Waals surface area contributed by atoms with Crippen LogP contribution < -0.4 is 5.32 Å². The SMILES string of the molecule is O=C(Nc1nc2ccc(S(=O)(=O)N3CCCC3)cc2s1)C(c1ccccc1)c1ccccc1. The van der Waals surface area contributed by atoms with Gasteiger partial charge < -0.3 is 5.32 Å². The van der Waals surface area contributed by atoms with Gasteiger partial charge in [0.05, 0.1) is 21.0 Å². The van der Waals surface area contributed by atoms with Crippen molar-refractivity contribution in [3.63, 3.8) is 0 Å². The number of nitrogens with zero attached hydrogens (tertiary/aromatic N) is 2. The van der Waals surface area contributed by atoms with E-state index in [1.165, 1.54) is 15.6 Å². The number of rotatable bonds is 6. The number of carbonyl (C=O) groups is 1. The van der Waals surface area contributed by atoms with Crippen LogP contribution in [-0.4, -0.2) is 36.7 Å². The lowest BCUT2D eigenvalue weighted by atomic mass is 9.90. The second-order valence-corrected chi connectivity index (χ2v) is 11.0. The molecule has 1 aliphatic heterocycles. The first-order chi connectivity index (χ1) is 16.0. The Bertz CT molecular complexity index is 1340. The summed E-state index contributed by atoms with van der Waals surface area (Å²) < 4.78 is 28.1. The summed E-state index contributed by atoms with van der Waals surface area (Å²) in [5, 5.41) is 3.40. The van der Waals surface area contributed by atoms with Gasteiger partial charge in [-0.1, -0.05) is 72.0 Å². The molecule has 0 saturated carbocycles. The maximum Gasteiger partial charge on any atom is 0.243 e. The first-order valence-corrected chi connectivity index (χ1v) is 13.1. The quantitative estimate of drug-likeness (QED) is 0.431. The first-order valence-electron chi connectivity index (χ1n) is 10.8. The highest BCUT2D eigenvalue weighted by molar-refractivity contribution is 7.89. The number of thiazole rings is 1. The van der Waals surface area contributed by atoms with Crippen LogP contribution in [0.2, 0.25) is 0 Å². The molecule has 0 aliphatic carbocycles. The van der Waals surface area contributed by atoms with E-state index in [9.17, 15) is 13.2 Å². The number of sulfonamides is 1. The van der Waals surface area contributed by atoms with Crippen LogP contribution in [0.5, 0.6) is 0 Å². The van der Waals surface area contributed by atoms with Crippen molar-refractivity contribution in [3.8, 4) is 0 Å². The van der Waals surface area contributed by atoms with Gasteiger partial charge in [0, 0.05) is 13.1 Å². The normalized spacial score (nSPS) is 14.7. The average Bonchev–Trinajstić information content (AvgIpc) is 3.50. The van der Waals surface area contributed by atoms with E-state index in [4.69, 9.17) is 0 Å². The molecule has 6 nitrogen and oxygen atoms in total. The number of carbonyl (C=O) groups excluding carboxylic acids is 1. The topological polar surface area (TPSA) is 79.4 Å². The third-order valence-electron chi connectivity index (χ3n) is 5.82. The molecule has 2 heterocycles. The van der Waals surface area contributed by atoms with Gasteiger partial charge >= 0.3 is 0 Å². The Hall–Kier alpha value is -3.07. The van der Waals surface area contributed by atoms with Crippen LogP contribution in [0.4, 0.5) is 5.13 Å². The minimum absolute atomic E-state index is 0.184. The van der Waals surface area contributed by atoms with Crippen LogP contribution in [0, 0.1) is 0 Å². The van der Waals surface area contributed by atoms with Crippen molar-refractivity contribution in [3.05, 3.63) is 90.0 Å². The fraction of sp³-hybridized carbons (Fsp3) is 0.200. The molecule has 0 radical (unpaired) electrons. The number of nitrogens with one attached hydrogen (secondary N) is 1. The lowest BCUT2D eigenvalue weighted by Gasteiger charge is -2.16. The Morgan fingerprint density at radius 3 is 2.12 bits per heavy atom. The highest BCUT2D eigenvalue weighted by Gasteiger charge is 2.28. The molecule has 0 atom stereocenters. The predicted molar refractivity (Wildman–Crippen MR) is 131 cm³/mol. The van der Waals surface area contributed by atoms with E-state index in [-0.39, 0.29) is 10.8 Å². The molecule has 5 rings (SSSR count). The summed E-state index contributed by atoms with van der Waals surface area (Å²) >= 11 is 1.28. The Balaban J connectivity index is 1.44. The lowest BCUT2D eigenvalue weighted by molar-refractivity contribution is -0.116. The summed E-state index contributed by atoms with van der Waals surface area (Å²) in [4.78, 5) is 18.1. The third-order valence-corrected chi connectivity index (χ3v) is 8.65. The number of anilines is 1. The van der Waals surface area contributed by atoms with Crippen LogP contribution in [0.1, 0.15) is 29.9 Å². The molecule has 1 aromatic heterocycles. The summed E-state index contributed by atoms with van der Waals surface area (Å²) in [5.41, 5.74) is 2.44. The van der Waals surface area contributed by atoms with Crippen LogP contribution in [-0.2, 0) is 14.8 Å². The molecule has 1 fully saturated rings. The van der Waals surface area contributed by atoms with Crippen LogP contribution in [0.3, 0.4) is 0 Å². The number of amides is 1. The average molecular weight is 478 g/mol. The zero-order valence-corrected chi connectivity index (χ0v) is 19.5. The standard InChI is InChI=1S/C25H23N3O3S2/c29-24(23(18-9-3-1-4-10-18)19-11-5-2-6-12-19)27-25-26-21-14-13-20(17-22(21)32-25)33(30,31)28-15-7-8-16-28/h1-6,9-14,17,23H,7-8,15-16H2,(H,26,27,29). The van der Waals surface area contributed by atoms with E-state index in [1.54, 1.807) is 18.2 Å². The minimum Gasteiger partial charge on any atom is -0.301 e. The van der Waals surface area contributed by atoms with E-state index in [2.05, 4.69) is 10.3 Å². The highest BCUT2D eigenvalue weighted by atomic mass is 32.2. The maximum absolute atomic E-state index is 13.3. The summed E-state index contributed by atoms with van der Waals surface area (Å²) in [6, 6.07) is 24.2. The molecule has 1 N–H and O–H groups in total. The van der Waals surface area contributed by atoms with E-state index in [1.807, 2.05) is 60.7 Å². The molecule has 3 aromatic carbocycles. The molecule has 0 spiro atoms. The Labute approximate surface area is 197 Å². The number of fused-ring (bicyclic) bond motifs is 1. The van der Waals surface area contributed by atoms with E-state index in [0.29, 0.717) is 23.7 Å². The molecule has 0 bridgehead atoms. The summed E-state index contributed by atoms with van der Waals surface area (Å²) in [7, 11) is -3.50. The molecular formula is C25H23N3O3S2. The van der Waals surface area contributed by atoms with Gasteiger partial charge in [-0.05, 0) is 42.2 Å². The fourth-order valence-electron chi connectivity index (χ4n) is 4.16. The Morgan fingerprint density at radius 1 is 0.909 bits per heavy atom. The van der Waals surface area contributed by atoms with Gasteiger partial charge in [0.15, 0.2) is 5.13 Å². The third kappa shape index (κ3) is 4.42. The summed E-state index contributed by atoms with van der Waals surface area (Å²) in [5.74, 6) is -0.665. The summed E-state index contributed by atoms with van der Waals surface area (Å²) in [6.45, 7) is 1.12. The molecule has 1 saturated heterocycles. The van der Waals surface area contributed by atoms with Crippen LogP contribution >= 0.6 is 11.3 Å². The van der Waals surface area contributed by atoms with Gasteiger partial charge in [-0.2, -0.15) is 4.31 Å².